The molecule has 0 amide bonds. The number of benzene rings is 1. The fourth-order valence-corrected chi connectivity index (χ4v) is 4.77. The molecule has 0 spiro atoms. The van der Waals surface area contributed by atoms with E-state index in [2.05, 4.69) is 37.1 Å². The van der Waals surface area contributed by atoms with E-state index in [1.807, 2.05) is 30.0 Å². The lowest BCUT2D eigenvalue weighted by molar-refractivity contribution is 0.0483. The van der Waals surface area contributed by atoms with Crippen molar-refractivity contribution in [1.82, 2.24) is 10.2 Å². The van der Waals surface area contributed by atoms with Crippen molar-refractivity contribution in [1.29, 1.82) is 0 Å². The second-order valence-corrected chi connectivity index (χ2v) is 9.19. The van der Waals surface area contributed by atoms with Crippen LogP contribution in [0.2, 0.25) is 0 Å². The standard InChI is InChI=1S/C19H29N3OS/c1-4-20-17(22-11-12-24-18(2,3)14-22)21-13-19(23)10-9-15-7-5-6-8-16(15)19/h5-8,23H,4,9-14H2,1-3H3,(H,20,21). The number of guanidine groups is 1. The molecule has 0 bridgehead atoms. The summed E-state index contributed by atoms with van der Waals surface area (Å²) in [5, 5.41) is 14.5. The van der Waals surface area contributed by atoms with Crippen LogP contribution in [-0.4, -0.2) is 52.6 Å². The number of hydrogen-bond donors (Lipinski definition) is 2. The lowest BCUT2D eigenvalue weighted by Crippen LogP contribution is -2.51. The smallest absolute Gasteiger partial charge is 0.194 e. The highest BCUT2D eigenvalue weighted by molar-refractivity contribution is 8.00. The Hall–Kier alpha value is -1.20. The zero-order valence-corrected chi connectivity index (χ0v) is 15.8. The number of hydrogen-bond acceptors (Lipinski definition) is 3. The van der Waals surface area contributed by atoms with Gasteiger partial charge in [0.1, 0.15) is 5.60 Å². The van der Waals surface area contributed by atoms with Gasteiger partial charge in [0.2, 0.25) is 0 Å². The van der Waals surface area contributed by atoms with E-state index in [4.69, 9.17) is 4.99 Å². The second kappa shape index (κ2) is 6.96. The first kappa shape index (κ1) is 17.6. The van der Waals surface area contributed by atoms with Gasteiger partial charge in [-0.25, -0.2) is 4.99 Å². The van der Waals surface area contributed by atoms with Crippen LogP contribution < -0.4 is 5.32 Å². The zero-order chi connectivity index (χ0) is 17.2. The summed E-state index contributed by atoms with van der Waals surface area (Å²) in [6.45, 7) is 9.93. The van der Waals surface area contributed by atoms with Crippen molar-refractivity contribution in [3.8, 4) is 0 Å². The molecule has 1 atom stereocenters. The topological polar surface area (TPSA) is 47.9 Å². The number of aliphatic hydroxyl groups is 1. The molecule has 1 saturated heterocycles. The Morgan fingerprint density at radius 1 is 1.38 bits per heavy atom. The van der Waals surface area contributed by atoms with Crippen LogP contribution in [0.5, 0.6) is 0 Å². The minimum absolute atomic E-state index is 0.241. The Kier molecular flexibility index (Phi) is 5.11. The summed E-state index contributed by atoms with van der Waals surface area (Å²) in [5.74, 6) is 2.05. The molecule has 0 saturated carbocycles. The van der Waals surface area contributed by atoms with E-state index in [0.717, 1.165) is 49.8 Å². The van der Waals surface area contributed by atoms with Gasteiger partial charge < -0.3 is 15.3 Å². The van der Waals surface area contributed by atoms with E-state index in [0.29, 0.717) is 6.54 Å². The maximum Gasteiger partial charge on any atom is 0.194 e. The normalized spacial score (nSPS) is 26.3. The van der Waals surface area contributed by atoms with Crippen molar-refractivity contribution >= 4 is 17.7 Å². The number of aliphatic imine (C=N–C) groups is 1. The molecule has 1 aromatic rings. The quantitative estimate of drug-likeness (QED) is 0.652. The monoisotopic (exact) mass is 347 g/mol. The zero-order valence-electron chi connectivity index (χ0n) is 15.0. The largest absolute Gasteiger partial charge is 0.383 e. The van der Waals surface area contributed by atoms with Crippen molar-refractivity contribution in [3.63, 3.8) is 0 Å². The highest BCUT2D eigenvalue weighted by Gasteiger charge is 2.37. The Balaban J connectivity index is 1.77. The summed E-state index contributed by atoms with van der Waals surface area (Å²) in [5.41, 5.74) is 1.49. The van der Waals surface area contributed by atoms with Crippen LogP contribution in [0.25, 0.3) is 0 Å². The van der Waals surface area contributed by atoms with Crippen molar-refractivity contribution in [2.75, 3.05) is 31.9 Å². The van der Waals surface area contributed by atoms with Crippen LogP contribution in [0, 0.1) is 0 Å². The van der Waals surface area contributed by atoms with Gasteiger partial charge in [0, 0.05) is 30.1 Å². The average Bonchev–Trinajstić information content (AvgIpc) is 2.89. The minimum atomic E-state index is -0.822. The van der Waals surface area contributed by atoms with Crippen molar-refractivity contribution in [2.45, 2.75) is 44.0 Å². The maximum absolute atomic E-state index is 11.1. The lowest BCUT2D eigenvalue weighted by Gasteiger charge is -2.39. The predicted octanol–water partition coefficient (Wildman–Crippen LogP) is 2.61. The summed E-state index contributed by atoms with van der Waals surface area (Å²) in [7, 11) is 0. The van der Waals surface area contributed by atoms with Crippen LogP contribution in [0.15, 0.2) is 29.3 Å². The number of aryl methyl sites for hydroxylation is 1. The number of nitrogens with one attached hydrogen (secondary N) is 1. The molecule has 1 aliphatic carbocycles. The average molecular weight is 348 g/mol. The molecule has 1 aliphatic heterocycles. The van der Waals surface area contributed by atoms with Gasteiger partial charge in [-0.15, -0.1) is 0 Å². The number of nitrogens with zero attached hydrogens (tertiary/aromatic N) is 2. The Morgan fingerprint density at radius 3 is 2.92 bits per heavy atom. The third-order valence-electron chi connectivity index (χ3n) is 4.88. The highest BCUT2D eigenvalue weighted by atomic mass is 32.2. The Bertz CT molecular complexity index is 616. The molecule has 5 heteroatoms. The third kappa shape index (κ3) is 3.72. The van der Waals surface area contributed by atoms with E-state index >= 15 is 0 Å². The molecule has 0 radical (unpaired) electrons. The summed E-state index contributed by atoms with van der Waals surface area (Å²) in [4.78, 5) is 7.17. The molecule has 1 aromatic carbocycles. The fourth-order valence-electron chi connectivity index (χ4n) is 3.66. The van der Waals surface area contributed by atoms with Gasteiger partial charge in [0.25, 0.3) is 0 Å². The van der Waals surface area contributed by atoms with Crippen LogP contribution >= 0.6 is 11.8 Å². The van der Waals surface area contributed by atoms with E-state index in [-0.39, 0.29) is 4.75 Å². The van der Waals surface area contributed by atoms with Gasteiger partial charge in [-0.3, -0.25) is 0 Å². The molecular formula is C19H29N3OS. The summed E-state index contributed by atoms with van der Waals surface area (Å²) < 4.78 is 0.241. The van der Waals surface area contributed by atoms with E-state index < -0.39 is 5.60 Å². The molecule has 1 heterocycles. The number of thioether (sulfide) groups is 1. The van der Waals surface area contributed by atoms with Crippen LogP contribution in [0.4, 0.5) is 0 Å². The molecule has 2 N–H and O–H groups in total. The van der Waals surface area contributed by atoms with Crippen LogP contribution in [0.3, 0.4) is 0 Å². The SMILES string of the molecule is CCNC(=NCC1(O)CCc2ccccc21)N1CCSC(C)(C)C1. The van der Waals surface area contributed by atoms with E-state index in [9.17, 15) is 5.11 Å². The van der Waals surface area contributed by atoms with E-state index in [1.54, 1.807) is 0 Å². The minimum Gasteiger partial charge on any atom is -0.383 e. The molecule has 4 nitrogen and oxygen atoms in total. The van der Waals surface area contributed by atoms with Gasteiger partial charge in [-0.1, -0.05) is 24.3 Å². The van der Waals surface area contributed by atoms with Crippen molar-refractivity contribution < 1.29 is 5.11 Å². The van der Waals surface area contributed by atoms with Crippen molar-refractivity contribution in [3.05, 3.63) is 35.4 Å². The Morgan fingerprint density at radius 2 is 2.17 bits per heavy atom. The molecule has 0 aromatic heterocycles. The molecule has 3 rings (SSSR count). The first-order valence-electron chi connectivity index (χ1n) is 8.91. The fraction of sp³-hybridized carbons (Fsp3) is 0.632. The Labute approximate surface area is 149 Å². The van der Waals surface area contributed by atoms with Gasteiger partial charge in [-0.2, -0.15) is 11.8 Å². The summed E-state index contributed by atoms with van der Waals surface area (Å²) in [6, 6.07) is 8.22. The molecule has 2 aliphatic rings. The van der Waals surface area contributed by atoms with Gasteiger partial charge >= 0.3 is 0 Å². The molecule has 1 unspecified atom stereocenters. The number of fused-ring (bicyclic) bond motifs is 1. The molecular weight excluding hydrogens is 318 g/mol. The van der Waals surface area contributed by atoms with Crippen molar-refractivity contribution in [2.24, 2.45) is 4.99 Å². The third-order valence-corrected chi connectivity index (χ3v) is 6.17. The molecule has 132 valence electrons. The van der Waals surface area contributed by atoms with Gasteiger partial charge in [0.15, 0.2) is 5.96 Å². The number of rotatable bonds is 3. The molecule has 24 heavy (non-hydrogen) atoms. The first-order chi connectivity index (χ1) is 11.4. The second-order valence-electron chi connectivity index (χ2n) is 7.39. The highest BCUT2D eigenvalue weighted by Crippen LogP contribution is 2.37. The lowest BCUT2D eigenvalue weighted by atomic mass is 9.96. The summed E-state index contributed by atoms with van der Waals surface area (Å²) in [6.07, 6.45) is 1.70. The van der Waals surface area contributed by atoms with Gasteiger partial charge in [-0.05, 0) is 44.7 Å². The van der Waals surface area contributed by atoms with E-state index in [1.165, 1.54) is 5.56 Å². The van der Waals surface area contributed by atoms with Crippen LogP contribution in [0.1, 0.15) is 38.3 Å². The predicted molar refractivity (Wildman–Crippen MR) is 103 cm³/mol. The summed E-state index contributed by atoms with van der Waals surface area (Å²) >= 11 is 2.02. The van der Waals surface area contributed by atoms with Gasteiger partial charge in [0.05, 0.1) is 6.54 Å². The molecule has 1 fully saturated rings. The maximum atomic E-state index is 11.1. The first-order valence-corrected chi connectivity index (χ1v) is 9.90. The van der Waals surface area contributed by atoms with Crippen LogP contribution in [-0.2, 0) is 12.0 Å².